The summed E-state index contributed by atoms with van der Waals surface area (Å²) in [5.74, 6) is 0.498. The Labute approximate surface area is 166 Å². The third kappa shape index (κ3) is 3.81. The number of nitrogens with zero attached hydrogens (tertiary/aromatic N) is 2. The zero-order valence-corrected chi connectivity index (χ0v) is 17.3. The Kier molecular flexibility index (Phi) is 5.58. The number of hydrogen-bond donors (Lipinski definition) is 0. The maximum Gasteiger partial charge on any atom is 0.251 e. The van der Waals surface area contributed by atoms with Crippen molar-refractivity contribution in [2.24, 2.45) is 0 Å². The van der Waals surface area contributed by atoms with Crippen LogP contribution < -0.4 is 9.64 Å². The summed E-state index contributed by atoms with van der Waals surface area (Å²) >= 11 is 0. The van der Waals surface area contributed by atoms with Gasteiger partial charge in [-0.1, -0.05) is 17.7 Å². The molecule has 1 aliphatic heterocycles. The minimum Gasteiger partial charge on any atom is -0.496 e. The second-order valence-electron chi connectivity index (χ2n) is 6.90. The topological polar surface area (TPSA) is 66.9 Å². The molecular weight excluding hydrogens is 376 g/mol. The van der Waals surface area contributed by atoms with Crippen molar-refractivity contribution in [3.05, 3.63) is 59.2 Å². The summed E-state index contributed by atoms with van der Waals surface area (Å²) in [6.45, 7) is 2.50. The molecule has 0 bridgehead atoms. The Balaban J connectivity index is 1.90. The fourth-order valence-electron chi connectivity index (χ4n) is 3.19. The standard InChI is InChI=1S/C21H24N2O4S/c1-15-5-9-20(27-4)17(13-15)7-10-21(24)23-12-11-16-6-8-18(14-19(16)23)28(25,26)22(2)3/h5-10,13-14H,11-12H2,1-4H3/b10-7+. The molecule has 0 saturated carbocycles. The molecule has 148 valence electrons. The lowest BCUT2D eigenvalue weighted by Gasteiger charge is -2.17. The number of methoxy groups -OCH3 is 1. The van der Waals surface area contributed by atoms with E-state index >= 15 is 0 Å². The van der Waals surface area contributed by atoms with Crippen LogP contribution in [-0.4, -0.2) is 46.4 Å². The van der Waals surface area contributed by atoms with E-state index in [2.05, 4.69) is 0 Å². The molecule has 0 aliphatic carbocycles. The number of anilines is 1. The summed E-state index contributed by atoms with van der Waals surface area (Å²) in [7, 11) is 1.01. The first-order chi connectivity index (χ1) is 13.2. The monoisotopic (exact) mass is 400 g/mol. The van der Waals surface area contributed by atoms with Crippen molar-refractivity contribution in [2.75, 3.05) is 32.6 Å². The Morgan fingerprint density at radius 2 is 1.93 bits per heavy atom. The van der Waals surface area contributed by atoms with E-state index < -0.39 is 10.0 Å². The van der Waals surface area contributed by atoms with Gasteiger partial charge in [-0.3, -0.25) is 4.79 Å². The minimum absolute atomic E-state index is 0.181. The summed E-state index contributed by atoms with van der Waals surface area (Å²) in [6.07, 6.45) is 3.93. The highest BCUT2D eigenvalue weighted by Gasteiger charge is 2.26. The summed E-state index contributed by atoms with van der Waals surface area (Å²) < 4.78 is 31.3. The molecule has 0 saturated heterocycles. The molecule has 0 fully saturated rings. The highest BCUT2D eigenvalue weighted by atomic mass is 32.2. The highest BCUT2D eigenvalue weighted by Crippen LogP contribution is 2.31. The molecular formula is C21H24N2O4S. The third-order valence-corrected chi connectivity index (χ3v) is 6.60. The molecule has 28 heavy (non-hydrogen) atoms. The highest BCUT2D eigenvalue weighted by molar-refractivity contribution is 7.89. The number of benzene rings is 2. The second kappa shape index (κ2) is 7.77. The fourth-order valence-corrected chi connectivity index (χ4v) is 4.12. The van der Waals surface area contributed by atoms with Crippen LogP contribution in [0, 0.1) is 6.92 Å². The SMILES string of the molecule is COc1ccc(C)cc1/C=C/C(=O)N1CCc2ccc(S(=O)(=O)N(C)C)cc21. The van der Waals surface area contributed by atoms with E-state index in [-0.39, 0.29) is 10.8 Å². The number of ether oxygens (including phenoxy) is 1. The summed E-state index contributed by atoms with van der Waals surface area (Å²) in [6, 6.07) is 10.7. The number of amides is 1. The van der Waals surface area contributed by atoms with Crippen molar-refractivity contribution in [3.63, 3.8) is 0 Å². The number of rotatable bonds is 5. The van der Waals surface area contributed by atoms with Gasteiger partial charge in [0.1, 0.15) is 5.75 Å². The van der Waals surface area contributed by atoms with E-state index in [4.69, 9.17) is 4.74 Å². The van der Waals surface area contributed by atoms with Gasteiger partial charge in [-0.15, -0.1) is 0 Å². The molecule has 3 rings (SSSR count). The van der Waals surface area contributed by atoms with Crippen LogP contribution >= 0.6 is 0 Å². The van der Waals surface area contributed by atoms with Crippen LogP contribution in [0.1, 0.15) is 16.7 Å². The summed E-state index contributed by atoms with van der Waals surface area (Å²) in [5.41, 5.74) is 3.50. The molecule has 2 aromatic carbocycles. The Bertz CT molecular complexity index is 1040. The number of aryl methyl sites for hydroxylation is 1. The summed E-state index contributed by atoms with van der Waals surface area (Å²) in [5, 5.41) is 0. The maximum absolute atomic E-state index is 12.8. The van der Waals surface area contributed by atoms with E-state index in [1.807, 2.05) is 25.1 Å². The van der Waals surface area contributed by atoms with E-state index in [0.717, 1.165) is 16.7 Å². The Hall–Kier alpha value is -2.64. The molecule has 0 unspecified atom stereocenters. The van der Waals surface area contributed by atoms with E-state index in [1.165, 1.54) is 24.5 Å². The molecule has 1 amide bonds. The molecule has 6 nitrogen and oxygen atoms in total. The maximum atomic E-state index is 12.8. The molecule has 0 aromatic heterocycles. The second-order valence-corrected chi connectivity index (χ2v) is 9.05. The lowest BCUT2D eigenvalue weighted by atomic mass is 10.1. The first-order valence-corrected chi connectivity index (χ1v) is 10.4. The van der Waals surface area contributed by atoms with Gasteiger partial charge in [0.25, 0.3) is 5.91 Å². The Morgan fingerprint density at radius 3 is 2.61 bits per heavy atom. The van der Waals surface area contributed by atoms with Crippen LogP contribution in [0.3, 0.4) is 0 Å². The van der Waals surface area contributed by atoms with Gasteiger partial charge >= 0.3 is 0 Å². The molecule has 0 radical (unpaired) electrons. The molecule has 7 heteroatoms. The lowest BCUT2D eigenvalue weighted by molar-refractivity contribution is -0.114. The zero-order valence-electron chi connectivity index (χ0n) is 16.5. The molecule has 0 N–H and O–H groups in total. The van der Waals surface area contributed by atoms with Crippen LogP contribution in [-0.2, 0) is 21.2 Å². The number of carbonyl (C=O) groups excluding carboxylic acids is 1. The van der Waals surface area contributed by atoms with Gasteiger partial charge in [-0.05, 0) is 49.2 Å². The number of hydrogen-bond acceptors (Lipinski definition) is 4. The van der Waals surface area contributed by atoms with E-state index in [1.54, 1.807) is 36.3 Å². The molecule has 1 heterocycles. The third-order valence-electron chi connectivity index (χ3n) is 4.79. The van der Waals surface area contributed by atoms with Gasteiger partial charge in [-0.25, -0.2) is 12.7 Å². The van der Waals surface area contributed by atoms with Crippen molar-refractivity contribution in [1.82, 2.24) is 4.31 Å². The molecule has 2 aromatic rings. The molecule has 0 spiro atoms. The van der Waals surface area contributed by atoms with E-state index in [0.29, 0.717) is 24.4 Å². The first kappa shape index (κ1) is 20.1. The predicted molar refractivity (Wildman–Crippen MR) is 110 cm³/mol. The minimum atomic E-state index is -3.56. The first-order valence-electron chi connectivity index (χ1n) is 8.93. The quantitative estimate of drug-likeness (QED) is 0.724. The smallest absolute Gasteiger partial charge is 0.251 e. The summed E-state index contributed by atoms with van der Waals surface area (Å²) in [4.78, 5) is 14.6. The van der Waals surface area contributed by atoms with Crippen molar-refractivity contribution in [3.8, 4) is 5.75 Å². The average Bonchev–Trinajstić information content (AvgIpc) is 3.09. The molecule has 0 atom stereocenters. The van der Waals surface area contributed by atoms with Crippen LogP contribution in [0.2, 0.25) is 0 Å². The lowest BCUT2D eigenvalue weighted by Crippen LogP contribution is -2.27. The van der Waals surface area contributed by atoms with Gasteiger partial charge < -0.3 is 9.64 Å². The van der Waals surface area contributed by atoms with Crippen LogP contribution in [0.25, 0.3) is 6.08 Å². The van der Waals surface area contributed by atoms with Gasteiger partial charge in [0.15, 0.2) is 0 Å². The van der Waals surface area contributed by atoms with Crippen molar-refractivity contribution < 1.29 is 17.9 Å². The zero-order chi connectivity index (χ0) is 20.5. The van der Waals surface area contributed by atoms with Gasteiger partial charge in [0.2, 0.25) is 10.0 Å². The van der Waals surface area contributed by atoms with Crippen LogP contribution in [0.4, 0.5) is 5.69 Å². The van der Waals surface area contributed by atoms with Gasteiger partial charge in [0.05, 0.1) is 12.0 Å². The number of fused-ring (bicyclic) bond motifs is 1. The van der Waals surface area contributed by atoms with Gasteiger partial charge in [-0.2, -0.15) is 0 Å². The van der Waals surface area contributed by atoms with Crippen molar-refractivity contribution in [1.29, 1.82) is 0 Å². The van der Waals surface area contributed by atoms with Crippen molar-refractivity contribution >= 4 is 27.7 Å². The van der Waals surface area contributed by atoms with Gasteiger partial charge in [0, 0.05) is 38.0 Å². The normalized spacial score (nSPS) is 14.0. The van der Waals surface area contributed by atoms with Crippen molar-refractivity contribution in [2.45, 2.75) is 18.2 Å². The van der Waals surface area contributed by atoms with Crippen LogP contribution in [0.15, 0.2) is 47.4 Å². The largest absolute Gasteiger partial charge is 0.496 e. The average molecular weight is 401 g/mol. The molecule has 1 aliphatic rings. The Morgan fingerprint density at radius 1 is 1.18 bits per heavy atom. The van der Waals surface area contributed by atoms with Crippen LogP contribution in [0.5, 0.6) is 5.75 Å². The predicted octanol–water partition coefficient (Wildman–Crippen LogP) is 2.86. The number of carbonyl (C=O) groups is 1. The van der Waals surface area contributed by atoms with E-state index in [9.17, 15) is 13.2 Å². The number of sulfonamides is 1. The fraction of sp³-hybridized carbons (Fsp3) is 0.286.